The van der Waals surface area contributed by atoms with Crippen LogP contribution in [-0.2, 0) is 16.0 Å². The van der Waals surface area contributed by atoms with E-state index in [0.29, 0.717) is 25.1 Å². The minimum Gasteiger partial charge on any atom is -0.396 e. The molecule has 2 amide bonds. The van der Waals surface area contributed by atoms with Gasteiger partial charge >= 0.3 is 0 Å². The van der Waals surface area contributed by atoms with Gasteiger partial charge in [0.1, 0.15) is 5.82 Å². The van der Waals surface area contributed by atoms with Crippen molar-refractivity contribution in [2.45, 2.75) is 32.1 Å². The first-order chi connectivity index (χ1) is 11.0. The van der Waals surface area contributed by atoms with Crippen LogP contribution in [-0.4, -0.2) is 36.6 Å². The number of aliphatic hydroxyl groups excluding tert-OH is 1. The molecule has 1 aromatic carbocycles. The second kappa shape index (κ2) is 6.28. The van der Waals surface area contributed by atoms with Crippen molar-refractivity contribution in [3.63, 3.8) is 0 Å². The van der Waals surface area contributed by atoms with Gasteiger partial charge in [-0.25, -0.2) is 4.39 Å². The fourth-order valence-corrected chi connectivity index (χ4v) is 2.93. The molecule has 1 heterocycles. The number of carbonyl (C=O) groups is 2. The van der Waals surface area contributed by atoms with Crippen LogP contribution in [0, 0.1) is 11.2 Å². The van der Waals surface area contributed by atoms with E-state index in [-0.39, 0.29) is 42.6 Å². The number of nitrogens with zero attached hydrogens (tertiary/aromatic N) is 1. The number of carbonyl (C=O) groups excluding carboxylic acids is 2. The predicted octanol–water partition coefficient (Wildman–Crippen LogP) is 1.38. The zero-order valence-corrected chi connectivity index (χ0v) is 13.0. The van der Waals surface area contributed by atoms with Crippen molar-refractivity contribution in [2.24, 2.45) is 5.41 Å². The summed E-state index contributed by atoms with van der Waals surface area (Å²) in [5, 5.41) is 12.1. The van der Waals surface area contributed by atoms with Gasteiger partial charge in [0.2, 0.25) is 11.8 Å². The number of amides is 2. The second-order valence-electron chi connectivity index (χ2n) is 6.50. The number of halogens is 1. The smallest absolute Gasteiger partial charge is 0.227 e. The molecule has 2 aliphatic rings. The molecule has 0 unspecified atom stereocenters. The summed E-state index contributed by atoms with van der Waals surface area (Å²) >= 11 is 0. The number of aryl methyl sites for hydroxylation is 1. The molecular formula is C17H21FN2O3. The first-order valence-electron chi connectivity index (χ1n) is 7.99. The topological polar surface area (TPSA) is 69.6 Å². The number of benzene rings is 1. The molecule has 6 heteroatoms. The van der Waals surface area contributed by atoms with Gasteiger partial charge in [-0.3, -0.25) is 9.59 Å². The van der Waals surface area contributed by atoms with Crippen LogP contribution < -0.4 is 10.2 Å². The number of hydrogen-bond donors (Lipinski definition) is 2. The van der Waals surface area contributed by atoms with E-state index in [0.717, 1.165) is 18.4 Å². The lowest BCUT2D eigenvalue weighted by Crippen LogP contribution is -2.39. The normalized spacial score (nSPS) is 18.5. The Labute approximate surface area is 134 Å². The van der Waals surface area contributed by atoms with Gasteiger partial charge in [0.15, 0.2) is 0 Å². The third-order valence-electron chi connectivity index (χ3n) is 4.76. The van der Waals surface area contributed by atoms with Crippen LogP contribution in [0.1, 0.15) is 31.2 Å². The van der Waals surface area contributed by atoms with Gasteiger partial charge in [0.05, 0.1) is 6.61 Å². The van der Waals surface area contributed by atoms with Crippen molar-refractivity contribution in [3.8, 4) is 0 Å². The minimum absolute atomic E-state index is 0.0362. The zero-order chi connectivity index (χ0) is 16.4. The lowest BCUT2D eigenvalue weighted by atomic mass is 10.0. The summed E-state index contributed by atoms with van der Waals surface area (Å²) < 4.78 is 13.3. The highest BCUT2D eigenvalue weighted by Gasteiger charge is 2.42. The molecule has 0 saturated heterocycles. The average Bonchev–Trinajstić information content (AvgIpc) is 3.33. The molecule has 1 saturated carbocycles. The van der Waals surface area contributed by atoms with Gasteiger partial charge in [-0.1, -0.05) is 0 Å². The van der Waals surface area contributed by atoms with Crippen LogP contribution in [0.25, 0.3) is 0 Å². The van der Waals surface area contributed by atoms with Gasteiger partial charge in [0, 0.05) is 37.0 Å². The fourth-order valence-electron chi connectivity index (χ4n) is 2.93. The van der Waals surface area contributed by atoms with Gasteiger partial charge in [-0.15, -0.1) is 0 Å². The quantitative estimate of drug-likeness (QED) is 0.832. The highest BCUT2D eigenvalue weighted by molar-refractivity contribution is 5.97. The van der Waals surface area contributed by atoms with Crippen molar-refractivity contribution in [3.05, 3.63) is 29.6 Å². The van der Waals surface area contributed by atoms with Crippen LogP contribution in [0.15, 0.2) is 18.2 Å². The van der Waals surface area contributed by atoms with Crippen molar-refractivity contribution in [1.82, 2.24) is 5.32 Å². The largest absolute Gasteiger partial charge is 0.396 e. The number of anilines is 1. The third kappa shape index (κ3) is 3.52. The van der Waals surface area contributed by atoms with E-state index in [1.54, 1.807) is 11.0 Å². The number of rotatable bonds is 6. The molecule has 0 atom stereocenters. The third-order valence-corrected chi connectivity index (χ3v) is 4.76. The maximum atomic E-state index is 13.3. The van der Waals surface area contributed by atoms with Crippen LogP contribution in [0.3, 0.4) is 0 Å². The summed E-state index contributed by atoms with van der Waals surface area (Å²) in [6.07, 6.45) is 2.95. The van der Waals surface area contributed by atoms with E-state index in [2.05, 4.69) is 5.32 Å². The van der Waals surface area contributed by atoms with Gasteiger partial charge in [-0.05, 0) is 43.0 Å². The number of aliphatic hydroxyl groups is 1. The molecule has 23 heavy (non-hydrogen) atoms. The van der Waals surface area contributed by atoms with Crippen LogP contribution in [0.5, 0.6) is 0 Å². The molecule has 3 rings (SSSR count). The van der Waals surface area contributed by atoms with Crippen molar-refractivity contribution in [1.29, 1.82) is 0 Å². The number of hydrogen-bond acceptors (Lipinski definition) is 3. The Bertz CT molecular complexity index is 628. The Morgan fingerprint density at radius 2 is 2.13 bits per heavy atom. The molecule has 0 aromatic heterocycles. The molecule has 1 aliphatic carbocycles. The lowest BCUT2D eigenvalue weighted by molar-refractivity contribution is -0.121. The van der Waals surface area contributed by atoms with Crippen molar-refractivity contribution >= 4 is 17.5 Å². The molecule has 1 fully saturated rings. The molecular weight excluding hydrogens is 299 g/mol. The predicted molar refractivity (Wildman–Crippen MR) is 83.5 cm³/mol. The van der Waals surface area contributed by atoms with Crippen molar-refractivity contribution < 1.29 is 19.1 Å². The standard InChI is InChI=1S/C17H21FN2O3/c18-13-2-3-14-12(9-13)1-4-16(23)20(14)8-5-15(22)19-10-17(11-21)6-7-17/h2-3,9,21H,1,4-8,10-11H2,(H,19,22). The Morgan fingerprint density at radius 3 is 2.83 bits per heavy atom. The molecule has 0 bridgehead atoms. The van der Waals surface area contributed by atoms with Crippen LogP contribution in [0.4, 0.5) is 10.1 Å². The van der Waals surface area contributed by atoms with E-state index in [9.17, 15) is 19.1 Å². The molecule has 1 aliphatic heterocycles. The van der Waals surface area contributed by atoms with E-state index in [1.165, 1.54) is 12.1 Å². The SMILES string of the molecule is O=C(CCN1C(=O)CCc2cc(F)ccc21)NCC1(CO)CC1. The minimum atomic E-state index is -0.311. The Kier molecular flexibility index (Phi) is 4.35. The highest BCUT2D eigenvalue weighted by atomic mass is 19.1. The highest BCUT2D eigenvalue weighted by Crippen LogP contribution is 2.44. The number of fused-ring (bicyclic) bond motifs is 1. The van der Waals surface area contributed by atoms with E-state index in [4.69, 9.17) is 0 Å². The van der Waals surface area contributed by atoms with E-state index >= 15 is 0 Å². The van der Waals surface area contributed by atoms with Gasteiger partial charge in [0.25, 0.3) is 0 Å². The Morgan fingerprint density at radius 1 is 1.35 bits per heavy atom. The van der Waals surface area contributed by atoms with Gasteiger partial charge in [-0.2, -0.15) is 0 Å². The lowest BCUT2D eigenvalue weighted by Gasteiger charge is -2.29. The van der Waals surface area contributed by atoms with E-state index < -0.39 is 0 Å². The van der Waals surface area contributed by atoms with Crippen LogP contribution in [0.2, 0.25) is 0 Å². The summed E-state index contributed by atoms with van der Waals surface area (Å²) in [5.41, 5.74) is 1.38. The molecule has 0 spiro atoms. The average molecular weight is 320 g/mol. The molecule has 2 N–H and O–H groups in total. The maximum absolute atomic E-state index is 13.3. The summed E-state index contributed by atoms with van der Waals surface area (Å²) in [5.74, 6) is -0.479. The second-order valence-corrected chi connectivity index (χ2v) is 6.50. The van der Waals surface area contributed by atoms with Crippen LogP contribution >= 0.6 is 0 Å². The molecule has 5 nitrogen and oxygen atoms in total. The Balaban J connectivity index is 1.57. The Hall–Kier alpha value is -1.95. The van der Waals surface area contributed by atoms with E-state index in [1.807, 2.05) is 0 Å². The monoisotopic (exact) mass is 320 g/mol. The first-order valence-corrected chi connectivity index (χ1v) is 7.99. The maximum Gasteiger partial charge on any atom is 0.227 e. The molecule has 124 valence electrons. The first kappa shape index (κ1) is 15.9. The van der Waals surface area contributed by atoms with Crippen molar-refractivity contribution in [2.75, 3.05) is 24.6 Å². The molecule has 1 aromatic rings. The summed E-state index contributed by atoms with van der Waals surface area (Å²) in [4.78, 5) is 25.6. The number of nitrogens with one attached hydrogen (secondary N) is 1. The molecule has 0 radical (unpaired) electrons. The summed E-state index contributed by atoms with van der Waals surface area (Å²) in [7, 11) is 0. The summed E-state index contributed by atoms with van der Waals surface area (Å²) in [6.45, 7) is 0.865. The zero-order valence-electron chi connectivity index (χ0n) is 13.0. The fraction of sp³-hybridized carbons (Fsp3) is 0.529. The summed E-state index contributed by atoms with van der Waals surface area (Å²) in [6, 6.07) is 4.39. The van der Waals surface area contributed by atoms with Gasteiger partial charge < -0.3 is 15.3 Å².